The number of aliphatic hydroxyl groups is 1. The van der Waals surface area contributed by atoms with Gasteiger partial charge < -0.3 is 9.52 Å². The van der Waals surface area contributed by atoms with Crippen LogP contribution in [0.15, 0.2) is 105 Å². The lowest BCUT2D eigenvalue weighted by atomic mass is 9.95. The average Bonchev–Trinajstić information content (AvgIpc) is 3.33. The van der Waals surface area contributed by atoms with E-state index >= 15 is 0 Å². The summed E-state index contributed by atoms with van der Waals surface area (Å²) in [6, 6.07) is 24.4. The van der Waals surface area contributed by atoms with Crippen molar-refractivity contribution in [3.8, 4) is 0 Å². The topological polar surface area (TPSA) is 70.8 Å². The molecule has 1 N–H and O–H groups in total. The molecule has 1 aromatic heterocycles. The second-order valence-electron chi connectivity index (χ2n) is 7.21. The molecule has 0 aliphatic carbocycles. The summed E-state index contributed by atoms with van der Waals surface area (Å²) in [6.07, 6.45) is 0. The monoisotopic (exact) mass is 473 g/mol. The number of carbonyl (C=O) groups is 2. The van der Waals surface area contributed by atoms with E-state index in [-0.39, 0.29) is 11.3 Å². The van der Waals surface area contributed by atoms with Crippen LogP contribution < -0.4 is 4.90 Å². The Morgan fingerprint density at radius 1 is 0.935 bits per heavy atom. The van der Waals surface area contributed by atoms with E-state index in [0.717, 1.165) is 9.86 Å². The van der Waals surface area contributed by atoms with Crippen molar-refractivity contribution >= 4 is 44.3 Å². The summed E-state index contributed by atoms with van der Waals surface area (Å²) in [7, 11) is 0. The summed E-state index contributed by atoms with van der Waals surface area (Å²) in [5.41, 5.74) is 1.85. The minimum Gasteiger partial charge on any atom is -0.503 e. The van der Waals surface area contributed by atoms with Crippen LogP contribution in [0.2, 0.25) is 0 Å². The van der Waals surface area contributed by atoms with E-state index in [4.69, 9.17) is 4.42 Å². The maximum absolute atomic E-state index is 13.5. The first kappa shape index (κ1) is 19.3. The highest BCUT2D eigenvalue weighted by atomic mass is 79.9. The Balaban J connectivity index is 1.65. The van der Waals surface area contributed by atoms with E-state index < -0.39 is 23.5 Å². The smallest absolute Gasteiger partial charge is 0.294 e. The molecule has 152 valence electrons. The molecule has 0 radical (unpaired) electrons. The van der Waals surface area contributed by atoms with Gasteiger partial charge in [-0.05, 0) is 42.0 Å². The van der Waals surface area contributed by atoms with Crippen molar-refractivity contribution in [2.45, 2.75) is 6.04 Å². The number of benzene rings is 3. The van der Waals surface area contributed by atoms with Crippen molar-refractivity contribution in [1.29, 1.82) is 0 Å². The number of aliphatic hydroxyl groups excluding tert-OH is 1. The lowest BCUT2D eigenvalue weighted by Gasteiger charge is -2.26. The van der Waals surface area contributed by atoms with Gasteiger partial charge in [-0.1, -0.05) is 64.5 Å². The number of nitrogens with zero attached hydrogens (tertiary/aromatic N) is 1. The Morgan fingerprint density at radius 3 is 2.32 bits per heavy atom. The molecule has 1 aliphatic rings. The van der Waals surface area contributed by atoms with Gasteiger partial charge in [0.25, 0.3) is 5.91 Å². The zero-order chi connectivity index (χ0) is 21.5. The van der Waals surface area contributed by atoms with E-state index in [2.05, 4.69) is 15.9 Å². The molecule has 31 heavy (non-hydrogen) atoms. The quantitative estimate of drug-likeness (QED) is 0.370. The molecule has 2 heterocycles. The third kappa shape index (κ3) is 3.25. The highest BCUT2D eigenvalue weighted by molar-refractivity contribution is 9.10. The summed E-state index contributed by atoms with van der Waals surface area (Å²) >= 11 is 3.41. The third-order valence-electron chi connectivity index (χ3n) is 5.30. The maximum atomic E-state index is 13.5. The molecule has 0 spiro atoms. The minimum atomic E-state index is -0.774. The average molecular weight is 474 g/mol. The molecular formula is C25H16BrNO4. The van der Waals surface area contributed by atoms with E-state index in [1.807, 2.05) is 48.5 Å². The van der Waals surface area contributed by atoms with Gasteiger partial charge in [0.05, 0.1) is 11.6 Å². The number of halogens is 1. The molecule has 4 aromatic rings. The van der Waals surface area contributed by atoms with Crippen LogP contribution in [0.25, 0.3) is 11.0 Å². The van der Waals surface area contributed by atoms with Gasteiger partial charge >= 0.3 is 0 Å². The molecule has 1 unspecified atom stereocenters. The standard InChI is InChI=1S/C25H16BrNO4/c26-17-11-12-19-16(13-17)14-20(31-19)23(28)21-22(15-7-3-1-4-8-15)27(25(30)24(21)29)18-9-5-2-6-10-18/h1-14,22,29H. The molecule has 0 bridgehead atoms. The van der Waals surface area contributed by atoms with Gasteiger partial charge in [-0.25, -0.2) is 0 Å². The van der Waals surface area contributed by atoms with Crippen LogP contribution in [-0.4, -0.2) is 16.8 Å². The molecule has 0 saturated carbocycles. The van der Waals surface area contributed by atoms with Gasteiger partial charge in [0.1, 0.15) is 5.58 Å². The summed E-state index contributed by atoms with van der Waals surface area (Å²) in [5, 5.41) is 11.5. The fourth-order valence-electron chi connectivity index (χ4n) is 3.90. The molecule has 5 rings (SSSR count). The van der Waals surface area contributed by atoms with Crippen molar-refractivity contribution in [3.63, 3.8) is 0 Å². The second kappa shape index (κ2) is 7.56. The number of hydrogen-bond acceptors (Lipinski definition) is 4. The van der Waals surface area contributed by atoms with Gasteiger partial charge in [-0.3, -0.25) is 14.5 Å². The predicted molar refractivity (Wildman–Crippen MR) is 121 cm³/mol. The molecule has 5 nitrogen and oxygen atoms in total. The number of rotatable bonds is 4. The number of carbonyl (C=O) groups excluding carboxylic acids is 2. The normalized spacial score (nSPS) is 16.4. The maximum Gasteiger partial charge on any atom is 0.294 e. The van der Waals surface area contributed by atoms with Crippen LogP contribution in [0.1, 0.15) is 22.2 Å². The lowest BCUT2D eigenvalue weighted by molar-refractivity contribution is -0.117. The first-order valence-corrected chi connectivity index (χ1v) is 10.4. The van der Waals surface area contributed by atoms with Crippen LogP contribution in [-0.2, 0) is 4.79 Å². The summed E-state index contributed by atoms with van der Waals surface area (Å²) in [4.78, 5) is 28.0. The Bertz CT molecular complexity index is 1340. The van der Waals surface area contributed by atoms with Crippen molar-refractivity contribution in [3.05, 3.63) is 112 Å². The van der Waals surface area contributed by atoms with E-state index in [1.54, 1.807) is 36.4 Å². The fraction of sp³-hybridized carbons (Fsp3) is 0.0400. The summed E-state index contributed by atoms with van der Waals surface area (Å²) < 4.78 is 6.62. The van der Waals surface area contributed by atoms with Crippen LogP contribution in [0.5, 0.6) is 0 Å². The minimum absolute atomic E-state index is 0.00169. The third-order valence-corrected chi connectivity index (χ3v) is 5.80. The molecule has 1 amide bonds. The zero-order valence-corrected chi connectivity index (χ0v) is 17.7. The number of furan rings is 1. The Morgan fingerprint density at radius 2 is 1.61 bits per heavy atom. The predicted octanol–water partition coefficient (Wildman–Crippen LogP) is 5.98. The molecular weight excluding hydrogens is 458 g/mol. The number of ketones is 1. The van der Waals surface area contributed by atoms with Crippen LogP contribution >= 0.6 is 15.9 Å². The zero-order valence-electron chi connectivity index (χ0n) is 16.2. The highest BCUT2D eigenvalue weighted by Gasteiger charge is 2.45. The van der Waals surface area contributed by atoms with Crippen LogP contribution in [0.3, 0.4) is 0 Å². The molecule has 0 saturated heterocycles. The highest BCUT2D eigenvalue weighted by Crippen LogP contribution is 2.42. The number of Topliss-reactive ketones (excluding diaryl/α,β-unsaturated/α-hetero) is 1. The van der Waals surface area contributed by atoms with Gasteiger partial charge in [0.2, 0.25) is 5.78 Å². The summed E-state index contributed by atoms with van der Waals surface area (Å²) in [6.45, 7) is 0. The Hall–Kier alpha value is -3.64. The SMILES string of the molecule is O=C(C1=C(O)C(=O)N(c2ccccc2)C1c1ccccc1)c1cc2cc(Br)ccc2o1. The second-order valence-corrected chi connectivity index (χ2v) is 8.12. The van der Waals surface area contributed by atoms with Crippen molar-refractivity contribution < 1.29 is 19.1 Å². The van der Waals surface area contributed by atoms with Crippen LogP contribution in [0.4, 0.5) is 5.69 Å². The van der Waals surface area contributed by atoms with E-state index in [0.29, 0.717) is 16.8 Å². The fourth-order valence-corrected chi connectivity index (χ4v) is 4.28. The Labute approximate surface area is 186 Å². The van der Waals surface area contributed by atoms with Gasteiger partial charge in [0, 0.05) is 15.5 Å². The lowest BCUT2D eigenvalue weighted by Crippen LogP contribution is -2.30. The first-order valence-electron chi connectivity index (χ1n) is 9.65. The molecule has 0 fully saturated rings. The van der Waals surface area contributed by atoms with E-state index in [9.17, 15) is 14.7 Å². The largest absolute Gasteiger partial charge is 0.503 e. The van der Waals surface area contributed by atoms with E-state index in [1.165, 1.54) is 4.90 Å². The van der Waals surface area contributed by atoms with Crippen molar-refractivity contribution in [2.75, 3.05) is 4.90 Å². The number of hydrogen-bond donors (Lipinski definition) is 1. The van der Waals surface area contributed by atoms with Gasteiger partial charge in [-0.2, -0.15) is 0 Å². The number of amides is 1. The van der Waals surface area contributed by atoms with Gasteiger partial charge in [0.15, 0.2) is 11.5 Å². The number of anilines is 1. The van der Waals surface area contributed by atoms with Crippen LogP contribution in [0, 0.1) is 0 Å². The Kier molecular flexibility index (Phi) is 4.71. The van der Waals surface area contributed by atoms with Crippen molar-refractivity contribution in [2.24, 2.45) is 0 Å². The molecule has 1 atom stereocenters. The number of para-hydroxylation sites is 1. The molecule has 1 aliphatic heterocycles. The van der Waals surface area contributed by atoms with Gasteiger partial charge in [-0.15, -0.1) is 0 Å². The van der Waals surface area contributed by atoms with Crippen molar-refractivity contribution in [1.82, 2.24) is 0 Å². The molecule has 3 aromatic carbocycles. The summed E-state index contributed by atoms with van der Waals surface area (Å²) in [5.74, 6) is -1.64. The molecule has 6 heteroatoms. The first-order chi connectivity index (χ1) is 15.0. The number of fused-ring (bicyclic) bond motifs is 1.